The Balaban J connectivity index is 2.62. The van der Waals surface area contributed by atoms with Gasteiger partial charge in [-0.1, -0.05) is 6.92 Å². The predicted octanol–water partition coefficient (Wildman–Crippen LogP) is 2.27. The predicted molar refractivity (Wildman–Crippen MR) is 66.0 cm³/mol. The molecule has 0 N–H and O–H groups in total. The van der Waals surface area contributed by atoms with Crippen molar-refractivity contribution >= 4 is 22.8 Å². The van der Waals surface area contributed by atoms with Crippen molar-refractivity contribution in [1.29, 1.82) is 0 Å². The lowest BCUT2D eigenvalue weighted by molar-refractivity contribution is 0.631. The number of imidazole rings is 1. The molecule has 2 heterocycles. The quantitative estimate of drug-likeness (QED) is 0.769. The van der Waals surface area contributed by atoms with Crippen LogP contribution < -0.4 is 0 Å². The molecule has 0 bridgehead atoms. The van der Waals surface area contributed by atoms with Crippen LogP contribution in [0.1, 0.15) is 24.9 Å². The van der Waals surface area contributed by atoms with Gasteiger partial charge < -0.3 is 4.57 Å². The zero-order valence-corrected chi connectivity index (χ0v) is 10.8. The summed E-state index contributed by atoms with van der Waals surface area (Å²) in [7, 11) is 1.97. The molecule has 0 aliphatic carbocycles. The molecule has 0 unspecified atom stereocenters. The van der Waals surface area contributed by atoms with Crippen LogP contribution in [0, 0.1) is 6.92 Å². The molecule has 5 heteroatoms. The molecule has 0 atom stereocenters. The van der Waals surface area contributed by atoms with E-state index in [1.165, 1.54) is 0 Å². The van der Waals surface area contributed by atoms with E-state index in [0.29, 0.717) is 5.88 Å². The minimum atomic E-state index is 0.611. The topological polar surface area (TPSA) is 35.6 Å². The van der Waals surface area contributed by atoms with Crippen molar-refractivity contribution in [3.63, 3.8) is 0 Å². The average molecular weight is 241 g/mol. The Kier molecular flexibility index (Phi) is 3.19. The van der Waals surface area contributed by atoms with E-state index in [9.17, 15) is 0 Å². The molecule has 2 aromatic heterocycles. The van der Waals surface area contributed by atoms with E-state index in [1.54, 1.807) is 0 Å². The number of halogens is 1. The van der Waals surface area contributed by atoms with Gasteiger partial charge in [-0.3, -0.25) is 4.68 Å². The summed E-state index contributed by atoms with van der Waals surface area (Å²) in [6.45, 7) is 5.14. The van der Waals surface area contributed by atoms with E-state index >= 15 is 0 Å². The summed E-state index contributed by atoms with van der Waals surface area (Å²) in [5.74, 6) is 1.68. The molecule has 2 rings (SSSR count). The first-order valence-corrected chi connectivity index (χ1v) is 6.17. The van der Waals surface area contributed by atoms with Crippen molar-refractivity contribution in [1.82, 2.24) is 19.3 Å². The molecular formula is C11H17ClN4. The van der Waals surface area contributed by atoms with Gasteiger partial charge >= 0.3 is 0 Å². The normalized spacial score (nSPS) is 11.5. The Morgan fingerprint density at radius 1 is 1.38 bits per heavy atom. The highest BCUT2D eigenvalue weighted by molar-refractivity contribution is 6.17. The fraction of sp³-hybridized carbons (Fsp3) is 0.636. The Morgan fingerprint density at radius 3 is 2.75 bits per heavy atom. The van der Waals surface area contributed by atoms with Crippen LogP contribution in [0.2, 0.25) is 0 Å². The van der Waals surface area contributed by atoms with E-state index in [0.717, 1.165) is 42.1 Å². The third-order valence-corrected chi connectivity index (χ3v) is 2.92. The van der Waals surface area contributed by atoms with Gasteiger partial charge in [0.15, 0.2) is 5.65 Å². The molecule has 0 fully saturated rings. The van der Waals surface area contributed by atoms with E-state index in [4.69, 9.17) is 11.6 Å². The lowest BCUT2D eigenvalue weighted by Gasteiger charge is -2.06. The van der Waals surface area contributed by atoms with Crippen molar-refractivity contribution in [3.05, 3.63) is 11.5 Å². The van der Waals surface area contributed by atoms with Gasteiger partial charge in [0.05, 0.1) is 5.69 Å². The standard InChI is InChI=1S/C11H17ClN4/c1-4-7-16-9(5-6-12)13-10-8(2)14-15(3)11(10)16/h4-7H2,1-3H3. The molecular weight excluding hydrogens is 224 g/mol. The summed E-state index contributed by atoms with van der Waals surface area (Å²) < 4.78 is 4.14. The molecule has 88 valence electrons. The highest BCUT2D eigenvalue weighted by Gasteiger charge is 2.15. The summed E-state index contributed by atoms with van der Waals surface area (Å²) in [6, 6.07) is 0. The van der Waals surface area contributed by atoms with Crippen LogP contribution >= 0.6 is 11.6 Å². The second-order valence-corrected chi connectivity index (χ2v) is 4.38. The summed E-state index contributed by atoms with van der Waals surface area (Å²) >= 11 is 5.81. The molecule has 0 aliphatic heterocycles. The molecule has 0 aliphatic rings. The maximum absolute atomic E-state index is 5.81. The summed E-state index contributed by atoms with van der Waals surface area (Å²) in [6.07, 6.45) is 1.90. The van der Waals surface area contributed by atoms with Gasteiger partial charge in [0.1, 0.15) is 11.3 Å². The highest BCUT2D eigenvalue weighted by Crippen LogP contribution is 2.19. The summed E-state index contributed by atoms with van der Waals surface area (Å²) in [5.41, 5.74) is 3.11. The van der Waals surface area contributed by atoms with Gasteiger partial charge in [0.2, 0.25) is 0 Å². The molecule has 0 aromatic carbocycles. The molecule has 0 amide bonds. The van der Waals surface area contributed by atoms with Crippen molar-refractivity contribution < 1.29 is 0 Å². The number of hydrogen-bond donors (Lipinski definition) is 0. The van der Waals surface area contributed by atoms with Gasteiger partial charge in [0, 0.05) is 25.9 Å². The van der Waals surface area contributed by atoms with Crippen molar-refractivity contribution in [3.8, 4) is 0 Å². The van der Waals surface area contributed by atoms with Gasteiger partial charge in [-0.2, -0.15) is 5.10 Å². The number of aryl methyl sites for hydroxylation is 4. The highest BCUT2D eigenvalue weighted by atomic mass is 35.5. The van der Waals surface area contributed by atoms with Crippen LogP contribution in [-0.4, -0.2) is 25.2 Å². The van der Waals surface area contributed by atoms with E-state index in [-0.39, 0.29) is 0 Å². The maximum atomic E-state index is 5.81. The van der Waals surface area contributed by atoms with Gasteiger partial charge in [-0.05, 0) is 13.3 Å². The molecule has 2 aromatic rings. The van der Waals surface area contributed by atoms with E-state index in [1.807, 2.05) is 18.7 Å². The molecule has 0 radical (unpaired) electrons. The monoisotopic (exact) mass is 240 g/mol. The molecule has 0 spiro atoms. The average Bonchev–Trinajstić information content (AvgIpc) is 2.70. The first-order chi connectivity index (χ1) is 7.69. The first kappa shape index (κ1) is 11.5. The van der Waals surface area contributed by atoms with Crippen LogP contribution in [0.4, 0.5) is 0 Å². The zero-order chi connectivity index (χ0) is 11.7. The Morgan fingerprint density at radius 2 is 2.12 bits per heavy atom. The molecule has 0 saturated carbocycles. The number of nitrogens with zero attached hydrogens (tertiary/aromatic N) is 4. The van der Waals surface area contributed by atoms with Crippen LogP contribution in [0.5, 0.6) is 0 Å². The molecule has 4 nitrogen and oxygen atoms in total. The SMILES string of the molecule is CCCn1c(CCCl)nc2c(C)nn(C)c21. The molecule has 16 heavy (non-hydrogen) atoms. The fourth-order valence-corrected chi connectivity index (χ4v) is 2.28. The Bertz CT molecular complexity index is 498. The maximum Gasteiger partial charge on any atom is 0.158 e. The van der Waals surface area contributed by atoms with E-state index < -0.39 is 0 Å². The third kappa shape index (κ3) is 1.71. The van der Waals surface area contributed by atoms with Gasteiger partial charge in [-0.15, -0.1) is 11.6 Å². The Hall–Kier alpha value is -1.03. The lowest BCUT2D eigenvalue weighted by atomic mass is 10.4. The van der Waals surface area contributed by atoms with Crippen LogP contribution in [-0.2, 0) is 20.0 Å². The number of aromatic nitrogens is 4. The van der Waals surface area contributed by atoms with Gasteiger partial charge in [0.25, 0.3) is 0 Å². The minimum Gasteiger partial charge on any atom is -0.313 e. The minimum absolute atomic E-state index is 0.611. The van der Waals surface area contributed by atoms with Crippen molar-refractivity contribution in [2.24, 2.45) is 7.05 Å². The third-order valence-electron chi connectivity index (χ3n) is 2.73. The fourth-order valence-electron chi connectivity index (χ4n) is 2.11. The van der Waals surface area contributed by atoms with E-state index in [2.05, 4.69) is 21.6 Å². The summed E-state index contributed by atoms with van der Waals surface area (Å²) in [5, 5.41) is 4.39. The number of fused-ring (bicyclic) bond motifs is 1. The lowest BCUT2D eigenvalue weighted by Crippen LogP contribution is -2.07. The number of alkyl halides is 1. The second-order valence-electron chi connectivity index (χ2n) is 4.00. The van der Waals surface area contributed by atoms with Crippen molar-refractivity contribution in [2.75, 3.05) is 5.88 Å². The number of rotatable bonds is 4. The van der Waals surface area contributed by atoms with Crippen LogP contribution in [0.15, 0.2) is 0 Å². The smallest absolute Gasteiger partial charge is 0.158 e. The first-order valence-electron chi connectivity index (χ1n) is 5.63. The zero-order valence-electron chi connectivity index (χ0n) is 10.00. The van der Waals surface area contributed by atoms with Gasteiger partial charge in [-0.25, -0.2) is 4.98 Å². The Labute approximate surface area is 100 Å². The largest absolute Gasteiger partial charge is 0.313 e. The van der Waals surface area contributed by atoms with Crippen molar-refractivity contribution in [2.45, 2.75) is 33.2 Å². The van der Waals surface area contributed by atoms with Crippen LogP contribution in [0.3, 0.4) is 0 Å². The molecule has 0 saturated heterocycles. The summed E-state index contributed by atoms with van der Waals surface area (Å²) in [4.78, 5) is 4.64. The number of hydrogen-bond acceptors (Lipinski definition) is 2. The second kappa shape index (κ2) is 4.45. The van der Waals surface area contributed by atoms with Crippen LogP contribution in [0.25, 0.3) is 11.2 Å².